The Morgan fingerprint density at radius 1 is 0.923 bits per heavy atom. The van der Waals surface area contributed by atoms with E-state index in [0.717, 1.165) is 25.7 Å². The molecule has 3 nitrogen and oxygen atoms in total. The summed E-state index contributed by atoms with van der Waals surface area (Å²) in [5, 5.41) is 2.62. The number of cyclic esters (lactones) is 1. The minimum absolute atomic E-state index is 0.0267. The molecule has 1 aliphatic heterocycles. The van der Waals surface area contributed by atoms with Crippen LogP contribution in [0.1, 0.15) is 44.9 Å². The van der Waals surface area contributed by atoms with Gasteiger partial charge >= 0.3 is 5.97 Å². The molecule has 0 bridgehead atoms. The number of fused-ring (bicyclic) bond motifs is 1. The lowest BCUT2D eigenvalue weighted by molar-refractivity contribution is -0.155. The first kappa shape index (κ1) is 19.9. The van der Waals surface area contributed by atoms with Crippen LogP contribution < -0.4 is 0 Å². The molecule has 0 N–H and O–H groups in total. The van der Waals surface area contributed by atoms with Crippen molar-refractivity contribution in [2.45, 2.75) is 44.9 Å². The van der Waals surface area contributed by atoms with Crippen molar-refractivity contribution in [2.24, 2.45) is 5.92 Å². The highest BCUT2D eigenvalue weighted by Gasteiger charge is 2.27. The van der Waals surface area contributed by atoms with E-state index in [9.17, 15) is 9.59 Å². The van der Waals surface area contributed by atoms with Crippen molar-refractivity contribution < 1.29 is 14.3 Å². The van der Waals surface area contributed by atoms with Gasteiger partial charge in [0.05, 0.1) is 5.92 Å². The van der Waals surface area contributed by atoms with E-state index in [1.807, 2.05) is 6.08 Å². The number of carbonyl (C=O) groups is 2. The van der Waals surface area contributed by atoms with E-state index in [1.165, 1.54) is 23.6 Å². The van der Waals surface area contributed by atoms with E-state index in [0.29, 0.717) is 6.61 Å². The lowest BCUT2D eigenvalue weighted by atomic mass is 9.94. The molecule has 1 unspecified atom stereocenters. The van der Waals surface area contributed by atoms with E-state index in [2.05, 4.69) is 55.1 Å². The minimum atomic E-state index is -0.368. The van der Waals surface area contributed by atoms with Gasteiger partial charge in [0.1, 0.15) is 18.8 Å². The van der Waals surface area contributed by atoms with Crippen molar-refractivity contribution >= 4 is 22.5 Å². The highest BCUT2D eigenvalue weighted by atomic mass is 16.5. The molecule has 3 rings (SSSR count). The monoisotopic (exact) mass is 352 g/mol. The van der Waals surface area contributed by atoms with E-state index in [4.69, 9.17) is 4.74 Å². The summed E-state index contributed by atoms with van der Waals surface area (Å²) < 4.78 is 4.88. The van der Waals surface area contributed by atoms with Gasteiger partial charge in [0.2, 0.25) is 0 Å². The van der Waals surface area contributed by atoms with Crippen LogP contribution in [0.25, 0.3) is 10.8 Å². The average Bonchev–Trinajstić information content (AvgIpc) is 2.67. The molecule has 2 aromatic carbocycles. The number of esters is 1. The van der Waals surface area contributed by atoms with Crippen LogP contribution in [0.3, 0.4) is 0 Å². The Bertz CT molecular complexity index is 655. The van der Waals surface area contributed by atoms with Crippen molar-refractivity contribution in [2.75, 3.05) is 6.61 Å². The molecule has 0 spiro atoms. The van der Waals surface area contributed by atoms with E-state index in [-0.39, 0.29) is 24.1 Å². The Balaban J connectivity index is 0.000000206. The van der Waals surface area contributed by atoms with Gasteiger partial charge < -0.3 is 4.74 Å². The summed E-state index contributed by atoms with van der Waals surface area (Å²) in [7, 11) is 0. The van der Waals surface area contributed by atoms with Gasteiger partial charge in [0.25, 0.3) is 0 Å². The quantitative estimate of drug-likeness (QED) is 0.287. The number of unbranched alkanes of at least 4 members (excludes halogenated alkanes) is 4. The van der Waals surface area contributed by atoms with Gasteiger partial charge in [0, 0.05) is 0 Å². The van der Waals surface area contributed by atoms with Crippen molar-refractivity contribution in [3.05, 3.63) is 61.2 Å². The van der Waals surface area contributed by atoms with Crippen LogP contribution in [0.15, 0.2) is 61.2 Å². The molecule has 0 aliphatic carbocycles. The first-order valence-electron chi connectivity index (χ1n) is 9.43. The van der Waals surface area contributed by atoms with Crippen LogP contribution in [-0.4, -0.2) is 18.4 Å². The zero-order valence-electron chi connectivity index (χ0n) is 15.4. The summed E-state index contributed by atoms with van der Waals surface area (Å²) in [5.74, 6) is -0.355. The highest BCUT2D eigenvalue weighted by molar-refractivity contribution is 5.98. The molecule has 1 aliphatic rings. The predicted octanol–water partition coefficient (Wildman–Crippen LogP) is 5.49. The van der Waals surface area contributed by atoms with Crippen LogP contribution in [0.5, 0.6) is 0 Å². The van der Waals surface area contributed by atoms with Crippen molar-refractivity contribution in [3.8, 4) is 0 Å². The summed E-state index contributed by atoms with van der Waals surface area (Å²) >= 11 is 0. The fourth-order valence-corrected chi connectivity index (χ4v) is 3.03. The first-order valence-corrected chi connectivity index (χ1v) is 9.43. The molecule has 3 heteroatoms. The van der Waals surface area contributed by atoms with Gasteiger partial charge in [-0.1, -0.05) is 73.9 Å². The van der Waals surface area contributed by atoms with Crippen LogP contribution in [0.2, 0.25) is 0 Å². The number of allylic oxidation sites excluding steroid dienone is 1. The Morgan fingerprint density at radius 3 is 2.04 bits per heavy atom. The molecule has 1 heterocycles. The van der Waals surface area contributed by atoms with E-state index < -0.39 is 0 Å². The molecular weight excluding hydrogens is 324 g/mol. The maximum absolute atomic E-state index is 11.5. The molecule has 138 valence electrons. The maximum Gasteiger partial charge on any atom is 0.313 e. The van der Waals surface area contributed by atoms with E-state index in [1.54, 1.807) is 0 Å². The lowest BCUT2D eigenvalue weighted by Crippen LogP contribution is -2.30. The molecule has 0 aromatic heterocycles. The molecule has 1 atom stereocenters. The smallest absolute Gasteiger partial charge is 0.313 e. The van der Waals surface area contributed by atoms with Crippen LogP contribution in [-0.2, 0) is 14.3 Å². The minimum Gasteiger partial charge on any atom is -0.465 e. The maximum atomic E-state index is 11.5. The zero-order valence-corrected chi connectivity index (χ0v) is 15.4. The SMILES string of the molecule is C=CCCCCCCC1COC(=O)CC1=O.c1ccc2ccccc2c1. The third kappa shape index (κ3) is 6.83. The average molecular weight is 352 g/mol. The van der Waals surface area contributed by atoms with Crippen molar-refractivity contribution in [1.82, 2.24) is 0 Å². The number of ether oxygens (including phenoxy) is 1. The van der Waals surface area contributed by atoms with Crippen LogP contribution in [0, 0.1) is 5.92 Å². The zero-order chi connectivity index (χ0) is 18.6. The fraction of sp³-hybridized carbons (Fsp3) is 0.391. The van der Waals surface area contributed by atoms with Gasteiger partial charge in [-0.2, -0.15) is 0 Å². The first-order chi connectivity index (χ1) is 12.7. The van der Waals surface area contributed by atoms with E-state index >= 15 is 0 Å². The Hall–Kier alpha value is -2.42. The second-order valence-electron chi connectivity index (χ2n) is 6.65. The molecule has 0 radical (unpaired) electrons. The van der Waals surface area contributed by atoms with Gasteiger partial charge in [-0.05, 0) is 30.0 Å². The molecule has 0 amide bonds. The normalized spacial score (nSPS) is 16.5. The van der Waals surface area contributed by atoms with Gasteiger partial charge in [-0.15, -0.1) is 6.58 Å². The Kier molecular flexibility index (Phi) is 8.61. The largest absolute Gasteiger partial charge is 0.465 e. The molecule has 1 fully saturated rings. The molecule has 26 heavy (non-hydrogen) atoms. The highest BCUT2D eigenvalue weighted by Crippen LogP contribution is 2.18. The summed E-state index contributed by atoms with van der Waals surface area (Å²) in [5.41, 5.74) is 0. The molecule has 2 aromatic rings. The van der Waals surface area contributed by atoms with Gasteiger partial charge in [-0.25, -0.2) is 0 Å². The van der Waals surface area contributed by atoms with Crippen molar-refractivity contribution in [3.63, 3.8) is 0 Å². The number of hydrogen-bond acceptors (Lipinski definition) is 3. The number of rotatable bonds is 7. The summed E-state index contributed by atoms with van der Waals surface area (Å²) in [6, 6.07) is 16.7. The summed E-state index contributed by atoms with van der Waals surface area (Å²) in [4.78, 5) is 22.3. The summed E-state index contributed by atoms with van der Waals surface area (Å²) in [6.45, 7) is 3.97. The standard InChI is InChI=1S/C13H20O3.C10H8/c1-2-3-4-5-6-7-8-11-10-16-13(15)9-12(11)14;1-2-6-10-8-4-3-7-9(10)5-1/h2,11H,1,3-10H2;1-8H. The predicted molar refractivity (Wildman–Crippen MR) is 106 cm³/mol. The second-order valence-corrected chi connectivity index (χ2v) is 6.65. The number of hydrogen-bond donors (Lipinski definition) is 0. The fourth-order valence-electron chi connectivity index (χ4n) is 3.03. The number of benzene rings is 2. The summed E-state index contributed by atoms with van der Waals surface area (Å²) in [6.07, 6.45) is 8.39. The van der Waals surface area contributed by atoms with Gasteiger partial charge in [-0.3, -0.25) is 9.59 Å². The molecule has 0 saturated carbocycles. The Morgan fingerprint density at radius 2 is 1.50 bits per heavy atom. The lowest BCUT2D eigenvalue weighted by Gasteiger charge is -2.20. The number of ketones is 1. The van der Waals surface area contributed by atoms with Gasteiger partial charge in [0.15, 0.2) is 0 Å². The second kappa shape index (κ2) is 11.2. The number of Topliss-reactive ketones (excluding diaryl/α,β-unsaturated/α-hetero) is 1. The molecular formula is C23H28O3. The molecule has 1 saturated heterocycles. The van der Waals surface area contributed by atoms with Crippen molar-refractivity contribution in [1.29, 1.82) is 0 Å². The topological polar surface area (TPSA) is 43.4 Å². The van der Waals surface area contributed by atoms with Crippen LogP contribution in [0.4, 0.5) is 0 Å². The Labute approximate surface area is 156 Å². The third-order valence-corrected chi connectivity index (χ3v) is 4.59. The third-order valence-electron chi connectivity index (χ3n) is 4.59. The number of carbonyl (C=O) groups excluding carboxylic acids is 2. The van der Waals surface area contributed by atoms with Crippen LogP contribution >= 0.6 is 0 Å².